The number of hydrogen-bond donors (Lipinski definition) is 1. The zero-order valence-corrected chi connectivity index (χ0v) is 12.1. The van der Waals surface area contributed by atoms with Gasteiger partial charge in [0, 0.05) is 12.1 Å². The average Bonchev–Trinajstić information content (AvgIpc) is 2.47. The van der Waals surface area contributed by atoms with Gasteiger partial charge in [0.05, 0.1) is 0 Å². The van der Waals surface area contributed by atoms with Crippen molar-refractivity contribution < 1.29 is 4.74 Å². The molecule has 0 aromatic heterocycles. The first kappa shape index (κ1) is 14.4. The number of rotatable bonds is 6. The molecule has 0 amide bonds. The molecule has 0 aliphatic rings. The van der Waals surface area contributed by atoms with Crippen LogP contribution in [0, 0.1) is 0 Å². The molecule has 104 valence electrons. The van der Waals surface area contributed by atoms with E-state index in [-0.39, 0.29) is 0 Å². The molecule has 2 aromatic rings. The molecular weight excluding hydrogens is 246 g/mol. The second-order valence-corrected chi connectivity index (χ2v) is 4.68. The van der Waals surface area contributed by atoms with Crippen LogP contribution in [0.3, 0.4) is 0 Å². The zero-order chi connectivity index (χ0) is 14.2. The molecule has 0 unspecified atom stereocenters. The van der Waals surface area contributed by atoms with Gasteiger partial charge in [-0.2, -0.15) is 0 Å². The van der Waals surface area contributed by atoms with Gasteiger partial charge in [0.2, 0.25) is 0 Å². The lowest BCUT2D eigenvalue weighted by Crippen LogP contribution is -2.05. The second-order valence-electron chi connectivity index (χ2n) is 4.68. The molecule has 0 radical (unpaired) electrons. The van der Waals surface area contributed by atoms with Crippen molar-refractivity contribution in [2.24, 2.45) is 0 Å². The normalized spacial score (nSPS) is 10.9. The molecule has 0 atom stereocenters. The Bertz CT molecular complexity index is 575. The summed E-state index contributed by atoms with van der Waals surface area (Å²) < 4.78 is 5.94. The average molecular weight is 267 g/mol. The highest BCUT2D eigenvalue weighted by molar-refractivity contribution is 5.56. The molecule has 2 heteroatoms. The van der Waals surface area contributed by atoms with Crippen molar-refractivity contribution in [3.63, 3.8) is 0 Å². The molecule has 0 saturated carbocycles. The first-order valence-electron chi connectivity index (χ1n) is 6.90. The van der Waals surface area contributed by atoms with Gasteiger partial charge in [0.25, 0.3) is 0 Å². The van der Waals surface area contributed by atoms with Crippen molar-refractivity contribution in [3.05, 3.63) is 71.3 Å². The van der Waals surface area contributed by atoms with E-state index in [0.29, 0.717) is 6.61 Å². The van der Waals surface area contributed by atoms with E-state index in [1.165, 1.54) is 11.1 Å². The summed E-state index contributed by atoms with van der Waals surface area (Å²) in [6, 6.07) is 16.6. The maximum absolute atomic E-state index is 5.94. The number of benzene rings is 2. The SMILES string of the molecule is CC=Cc1ccccc1OCc1cccc(CNC)c1. The quantitative estimate of drug-likeness (QED) is 0.853. The Morgan fingerprint density at radius 1 is 1.05 bits per heavy atom. The third-order valence-electron chi connectivity index (χ3n) is 3.03. The molecule has 0 bridgehead atoms. The van der Waals surface area contributed by atoms with Crippen LogP contribution in [-0.4, -0.2) is 7.05 Å². The highest BCUT2D eigenvalue weighted by Crippen LogP contribution is 2.21. The Balaban J connectivity index is 2.07. The largest absolute Gasteiger partial charge is 0.488 e. The number of allylic oxidation sites excluding steroid dienone is 1. The fourth-order valence-corrected chi connectivity index (χ4v) is 2.12. The molecule has 0 heterocycles. The summed E-state index contributed by atoms with van der Waals surface area (Å²) >= 11 is 0. The van der Waals surface area contributed by atoms with Gasteiger partial charge < -0.3 is 10.1 Å². The molecule has 2 nitrogen and oxygen atoms in total. The summed E-state index contributed by atoms with van der Waals surface area (Å²) in [6.45, 7) is 3.48. The fraction of sp³-hybridized carbons (Fsp3) is 0.222. The van der Waals surface area contributed by atoms with Crippen molar-refractivity contribution >= 4 is 6.08 Å². The summed E-state index contributed by atoms with van der Waals surface area (Å²) in [7, 11) is 1.95. The highest BCUT2D eigenvalue weighted by atomic mass is 16.5. The van der Waals surface area contributed by atoms with E-state index in [4.69, 9.17) is 4.74 Å². The Hall–Kier alpha value is -2.06. The lowest BCUT2D eigenvalue weighted by Gasteiger charge is -2.10. The molecule has 2 aromatic carbocycles. The molecule has 0 aliphatic heterocycles. The molecule has 0 saturated heterocycles. The van der Waals surface area contributed by atoms with E-state index in [0.717, 1.165) is 17.9 Å². The standard InChI is InChI=1S/C18H21NO/c1-3-7-17-10-4-5-11-18(17)20-14-16-9-6-8-15(12-16)13-19-2/h3-12,19H,13-14H2,1-2H3. The van der Waals surface area contributed by atoms with Crippen LogP contribution >= 0.6 is 0 Å². The van der Waals surface area contributed by atoms with E-state index in [1.54, 1.807) is 0 Å². The van der Waals surface area contributed by atoms with Crippen molar-refractivity contribution in [1.82, 2.24) is 5.32 Å². The van der Waals surface area contributed by atoms with Crippen LogP contribution in [0.15, 0.2) is 54.6 Å². The molecule has 0 spiro atoms. The van der Waals surface area contributed by atoms with Crippen LogP contribution in [0.25, 0.3) is 6.08 Å². The minimum absolute atomic E-state index is 0.589. The van der Waals surface area contributed by atoms with E-state index >= 15 is 0 Å². The summed E-state index contributed by atoms with van der Waals surface area (Å²) in [5, 5.41) is 3.16. The van der Waals surface area contributed by atoms with Gasteiger partial charge in [-0.25, -0.2) is 0 Å². The maximum Gasteiger partial charge on any atom is 0.127 e. The monoisotopic (exact) mass is 267 g/mol. The Kier molecular flexibility index (Phi) is 5.39. The van der Waals surface area contributed by atoms with Crippen LogP contribution in [0.5, 0.6) is 5.75 Å². The van der Waals surface area contributed by atoms with Crippen molar-refractivity contribution in [2.75, 3.05) is 7.05 Å². The summed E-state index contributed by atoms with van der Waals surface area (Å²) in [4.78, 5) is 0. The van der Waals surface area contributed by atoms with E-state index < -0.39 is 0 Å². The van der Waals surface area contributed by atoms with Gasteiger partial charge in [0.15, 0.2) is 0 Å². The van der Waals surface area contributed by atoms with E-state index in [9.17, 15) is 0 Å². The Labute approximate surface area is 121 Å². The molecule has 20 heavy (non-hydrogen) atoms. The minimum atomic E-state index is 0.589. The van der Waals surface area contributed by atoms with Gasteiger partial charge in [-0.1, -0.05) is 54.6 Å². The third kappa shape index (κ3) is 3.97. The minimum Gasteiger partial charge on any atom is -0.488 e. The lowest BCUT2D eigenvalue weighted by atomic mass is 10.1. The van der Waals surface area contributed by atoms with Crippen LogP contribution < -0.4 is 10.1 Å². The smallest absolute Gasteiger partial charge is 0.127 e. The molecule has 1 N–H and O–H groups in total. The van der Waals surface area contributed by atoms with Gasteiger partial charge in [-0.05, 0) is 31.2 Å². The van der Waals surface area contributed by atoms with Gasteiger partial charge >= 0.3 is 0 Å². The van der Waals surface area contributed by atoms with Gasteiger partial charge in [-0.15, -0.1) is 0 Å². The molecular formula is C18H21NO. The van der Waals surface area contributed by atoms with Crippen molar-refractivity contribution in [2.45, 2.75) is 20.1 Å². The number of hydrogen-bond acceptors (Lipinski definition) is 2. The molecule has 2 rings (SSSR count). The predicted molar refractivity (Wildman–Crippen MR) is 84.7 cm³/mol. The topological polar surface area (TPSA) is 21.3 Å². The van der Waals surface area contributed by atoms with Gasteiger partial charge in [-0.3, -0.25) is 0 Å². The highest BCUT2D eigenvalue weighted by Gasteiger charge is 2.01. The fourth-order valence-electron chi connectivity index (χ4n) is 2.12. The molecule has 0 fully saturated rings. The number of nitrogens with one attached hydrogen (secondary N) is 1. The Morgan fingerprint density at radius 2 is 1.85 bits per heavy atom. The molecule has 0 aliphatic carbocycles. The Morgan fingerprint density at radius 3 is 2.65 bits per heavy atom. The number of para-hydroxylation sites is 1. The van der Waals surface area contributed by atoms with E-state index in [2.05, 4.69) is 41.7 Å². The third-order valence-corrected chi connectivity index (χ3v) is 3.03. The van der Waals surface area contributed by atoms with E-state index in [1.807, 2.05) is 38.2 Å². The summed E-state index contributed by atoms with van der Waals surface area (Å²) in [6.07, 6.45) is 4.09. The van der Waals surface area contributed by atoms with Crippen LogP contribution in [0.2, 0.25) is 0 Å². The zero-order valence-electron chi connectivity index (χ0n) is 12.1. The first-order valence-corrected chi connectivity index (χ1v) is 6.90. The summed E-state index contributed by atoms with van der Waals surface area (Å²) in [5.41, 5.74) is 3.57. The maximum atomic E-state index is 5.94. The van der Waals surface area contributed by atoms with Crippen LogP contribution in [-0.2, 0) is 13.2 Å². The van der Waals surface area contributed by atoms with Crippen molar-refractivity contribution in [1.29, 1.82) is 0 Å². The predicted octanol–water partition coefficient (Wildman–Crippen LogP) is 4.02. The first-order chi connectivity index (χ1) is 9.83. The summed E-state index contributed by atoms with van der Waals surface area (Å²) in [5.74, 6) is 0.921. The second kappa shape index (κ2) is 7.51. The van der Waals surface area contributed by atoms with Crippen LogP contribution in [0.4, 0.5) is 0 Å². The number of ether oxygens (including phenoxy) is 1. The van der Waals surface area contributed by atoms with Crippen LogP contribution in [0.1, 0.15) is 23.6 Å². The van der Waals surface area contributed by atoms with Crippen molar-refractivity contribution in [3.8, 4) is 5.75 Å². The lowest BCUT2D eigenvalue weighted by molar-refractivity contribution is 0.305. The van der Waals surface area contributed by atoms with Gasteiger partial charge in [0.1, 0.15) is 12.4 Å².